The standard InChI is InChI=1S/C23H25F3N4O/c1-14(2)15-6-8-16(9-7-15)20-13-18-12-17(10-11-30(18)29-20)27-22(31)19-4-3-5-21(28-19)23(24,25)26/h3-5,10-16H,6-9H2,1-2H3,(H,27,31). The quantitative estimate of drug-likeness (QED) is 0.558. The van der Waals surface area contributed by atoms with Gasteiger partial charge in [0.05, 0.1) is 11.2 Å². The zero-order valence-corrected chi connectivity index (χ0v) is 17.5. The van der Waals surface area contributed by atoms with E-state index in [1.807, 2.05) is 6.07 Å². The van der Waals surface area contributed by atoms with Crippen molar-refractivity contribution in [3.05, 3.63) is 59.7 Å². The SMILES string of the molecule is CC(C)C1CCC(c2cc3cc(NC(=O)c4cccc(C(F)(F)F)n4)ccn3n2)CC1. The lowest BCUT2D eigenvalue weighted by Gasteiger charge is -2.29. The van der Waals surface area contributed by atoms with Gasteiger partial charge in [-0.2, -0.15) is 18.3 Å². The van der Waals surface area contributed by atoms with Crippen LogP contribution in [-0.2, 0) is 6.18 Å². The number of carbonyl (C=O) groups excluding carboxylic acids is 1. The van der Waals surface area contributed by atoms with Gasteiger partial charge in [0.1, 0.15) is 11.4 Å². The molecule has 3 heterocycles. The zero-order chi connectivity index (χ0) is 22.2. The molecular weight excluding hydrogens is 405 g/mol. The highest BCUT2D eigenvalue weighted by atomic mass is 19.4. The average molecular weight is 430 g/mol. The fraction of sp³-hybridized carbons (Fsp3) is 0.435. The van der Waals surface area contributed by atoms with Crippen molar-refractivity contribution in [2.45, 2.75) is 51.6 Å². The number of halogens is 3. The maximum absolute atomic E-state index is 12.8. The molecule has 1 aliphatic carbocycles. The number of rotatable bonds is 4. The highest BCUT2D eigenvalue weighted by Crippen LogP contribution is 2.38. The van der Waals surface area contributed by atoms with Crippen molar-refractivity contribution in [3.63, 3.8) is 0 Å². The highest BCUT2D eigenvalue weighted by Gasteiger charge is 2.33. The molecule has 0 aromatic carbocycles. The number of aromatic nitrogens is 3. The Hall–Kier alpha value is -2.90. The number of fused-ring (bicyclic) bond motifs is 1. The molecule has 1 N–H and O–H groups in total. The van der Waals surface area contributed by atoms with Crippen LogP contribution < -0.4 is 5.32 Å². The summed E-state index contributed by atoms with van der Waals surface area (Å²) in [5.41, 5.74) is 0.974. The number of carbonyl (C=O) groups is 1. The van der Waals surface area contributed by atoms with Gasteiger partial charge in [-0.05, 0) is 67.9 Å². The Labute approximate surface area is 178 Å². The third-order valence-corrected chi connectivity index (χ3v) is 6.15. The van der Waals surface area contributed by atoms with Crippen LogP contribution in [0.15, 0.2) is 42.6 Å². The third kappa shape index (κ3) is 4.73. The van der Waals surface area contributed by atoms with Crippen LogP contribution >= 0.6 is 0 Å². The number of anilines is 1. The second kappa shape index (κ2) is 8.32. The summed E-state index contributed by atoms with van der Waals surface area (Å²) in [6, 6.07) is 8.73. The summed E-state index contributed by atoms with van der Waals surface area (Å²) in [5.74, 6) is 1.23. The van der Waals surface area contributed by atoms with Gasteiger partial charge >= 0.3 is 6.18 Å². The molecule has 1 aliphatic rings. The first kappa shape index (κ1) is 21.3. The first-order chi connectivity index (χ1) is 14.7. The fourth-order valence-corrected chi connectivity index (χ4v) is 4.29. The summed E-state index contributed by atoms with van der Waals surface area (Å²) in [6.07, 6.45) is 1.81. The number of nitrogens with zero attached hydrogens (tertiary/aromatic N) is 3. The Balaban J connectivity index is 1.48. The fourth-order valence-electron chi connectivity index (χ4n) is 4.29. The van der Waals surface area contributed by atoms with Crippen LogP contribution in [-0.4, -0.2) is 20.5 Å². The molecule has 0 unspecified atom stereocenters. The predicted octanol–water partition coefficient (Wildman–Crippen LogP) is 5.93. The molecule has 0 bridgehead atoms. The number of hydrogen-bond acceptors (Lipinski definition) is 3. The van der Waals surface area contributed by atoms with E-state index in [0.29, 0.717) is 17.5 Å². The largest absolute Gasteiger partial charge is 0.433 e. The monoisotopic (exact) mass is 430 g/mol. The molecule has 0 spiro atoms. The summed E-state index contributed by atoms with van der Waals surface area (Å²) < 4.78 is 40.3. The van der Waals surface area contributed by atoms with Crippen molar-refractivity contribution in [2.75, 3.05) is 5.32 Å². The minimum Gasteiger partial charge on any atom is -0.321 e. The van der Waals surface area contributed by atoms with Gasteiger partial charge < -0.3 is 5.32 Å². The summed E-state index contributed by atoms with van der Waals surface area (Å²) in [6.45, 7) is 4.56. The lowest BCUT2D eigenvalue weighted by Crippen LogP contribution is -2.17. The van der Waals surface area contributed by atoms with E-state index in [0.717, 1.165) is 36.0 Å². The van der Waals surface area contributed by atoms with Gasteiger partial charge in [0.25, 0.3) is 5.91 Å². The Kier molecular flexibility index (Phi) is 5.73. The van der Waals surface area contributed by atoms with Gasteiger partial charge in [0, 0.05) is 17.8 Å². The minimum absolute atomic E-state index is 0.286. The summed E-state index contributed by atoms with van der Waals surface area (Å²) in [7, 11) is 0. The van der Waals surface area contributed by atoms with E-state index < -0.39 is 17.8 Å². The Bertz CT molecular complexity index is 1080. The van der Waals surface area contributed by atoms with Crippen LogP contribution in [0.25, 0.3) is 5.52 Å². The first-order valence-electron chi connectivity index (χ1n) is 10.6. The molecule has 1 saturated carbocycles. The molecule has 8 heteroatoms. The average Bonchev–Trinajstić information content (AvgIpc) is 3.16. The van der Waals surface area contributed by atoms with E-state index in [-0.39, 0.29) is 5.69 Å². The van der Waals surface area contributed by atoms with Gasteiger partial charge in [-0.3, -0.25) is 4.79 Å². The molecule has 31 heavy (non-hydrogen) atoms. The molecule has 3 aromatic heterocycles. The lowest BCUT2D eigenvalue weighted by atomic mass is 9.76. The molecular formula is C23H25F3N4O. The van der Waals surface area contributed by atoms with E-state index in [1.165, 1.54) is 25.0 Å². The van der Waals surface area contributed by atoms with Crippen molar-refractivity contribution < 1.29 is 18.0 Å². The molecule has 1 fully saturated rings. The molecule has 3 aromatic rings. The van der Waals surface area contributed by atoms with E-state index in [1.54, 1.807) is 22.8 Å². The van der Waals surface area contributed by atoms with Crippen molar-refractivity contribution in [1.29, 1.82) is 0 Å². The molecule has 0 atom stereocenters. The molecule has 0 saturated heterocycles. The van der Waals surface area contributed by atoms with Crippen LogP contribution in [0.5, 0.6) is 0 Å². The minimum atomic E-state index is -4.60. The van der Waals surface area contributed by atoms with Gasteiger partial charge in [-0.15, -0.1) is 0 Å². The zero-order valence-electron chi connectivity index (χ0n) is 17.5. The number of pyridine rings is 2. The van der Waals surface area contributed by atoms with E-state index in [2.05, 4.69) is 29.2 Å². The molecule has 0 aliphatic heterocycles. The maximum Gasteiger partial charge on any atom is 0.433 e. The van der Waals surface area contributed by atoms with Gasteiger partial charge in [0.15, 0.2) is 0 Å². The maximum atomic E-state index is 12.8. The number of nitrogens with one attached hydrogen (secondary N) is 1. The van der Waals surface area contributed by atoms with E-state index >= 15 is 0 Å². The lowest BCUT2D eigenvalue weighted by molar-refractivity contribution is -0.141. The Morgan fingerprint density at radius 1 is 1.13 bits per heavy atom. The molecule has 5 nitrogen and oxygen atoms in total. The van der Waals surface area contributed by atoms with Crippen molar-refractivity contribution in [2.24, 2.45) is 11.8 Å². The van der Waals surface area contributed by atoms with Crippen molar-refractivity contribution in [3.8, 4) is 0 Å². The van der Waals surface area contributed by atoms with Crippen molar-refractivity contribution >= 4 is 17.1 Å². The van der Waals surface area contributed by atoms with Gasteiger partial charge in [0.2, 0.25) is 0 Å². The van der Waals surface area contributed by atoms with E-state index in [9.17, 15) is 18.0 Å². The number of alkyl halides is 3. The van der Waals surface area contributed by atoms with E-state index in [4.69, 9.17) is 0 Å². The highest BCUT2D eigenvalue weighted by molar-refractivity contribution is 6.03. The first-order valence-corrected chi connectivity index (χ1v) is 10.6. The molecule has 1 amide bonds. The van der Waals surface area contributed by atoms with Gasteiger partial charge in [-0.25, -0.2) is 9.50 Å². The predicted molar refractivity (Wildman–Crippen MR) is 112 cm³/mol. The summed E-state index contributed by atoms with van der Waals surface area (Å²) in [5, 5.41) is 7.32. The molecule has 0 radical (unpaired) electrons. The summed E-state index contributed by atoms with van der Waals surface area (Å²) >= 11 is 0. The van der Waals surface area contributed by atoms with Crippen LogP contribution in [0.4, 0.5) is 18.9 Å². The number of amides is 1. The second-order valence-corrected chi connectivity index (χ2v) is 8.57. The van der Waals surface area contributed by atoms with Gasteiger partial charge in [-0.1, -0.05) is 19.9 Å². The topological polar surface area (TPSA) is 59.3 Å². The number of hydrogen-bond donors (Lipinski definition) is 1. The Morgan fingerprint density at radius 2 is 1.87 bits per heavy atom. The molecule has 4 rings (SSSR count). The smallest absolute Gasteiger partial charge is 0.321 e. The Morgan fingerprint density at radius 3 is 2.55 bits per heavy atom. The second-order valence-electron chi connectivity index (χ2n) is 8.57. The summed E-state index contributed by atoms with van der Waals surface area (Å²) in [4.78, 5) is 15.8. The van der Waals surface area contributed by atoms with Crippen LogP contribution in [0, 0.1) is 11.8 Å². The molecule has 164 valence electrons. The van der Waals surface area contributed by atoms with Crippen LogP contribution in [0.2, 0.25) is 0 Å². The van der Waals surface area contributed by atoms with Crippen LogP contribution in [0.3, 0.4) is 0 Å². The van der Waals surface area contributed by atoms with Crippen molar-refractivity contribution in [1.82, 2.24) is 14.6 Å². The normalized spacial score (nSPS) is 19.7. The third-order valence-electron chi connectivity index (χ3n) is 6.15. The van der Waals surface area contributed by atoms with Crippen LogP contribution in [0.1, 0.15) is 67.3 Å².